The lowest BCUT2D eigenvalue weighted by Crippen LogP contribution is -2.32. The molecule has 1 radical (unpaired) electrons. The summed E-state index contributed by atoms with van der Waals surface area (Å²) in [6.07, 6.45) is 3.19. The quantitative estimate of drug-likeness (QED) is 0.705. The zero-order valence-electron chi connectivity index (χ0n) is 9.49. The Hall–Kier alpha value is -1.32. The van der Waals surface area contributed by atoms with Crippen molar-refractivity contribution in [1.29, 1.82) is 0 Å². The van der Waals surface area contributed by atoms with Crippen LogP contribution in [-0.4, -0.2) is 30.2 Å². The molecule has 5 nitrogen and oxygen atoms in total. The fraction of sp³-hybridized carbons (Fsp3) is 0.727. The number of hydrogen-bond acceptors (Lipinski definition) is 3. The molecular weight excluding hydrogens is 210 g/mol. The summed E-state index contributed by atoms with van der Waals surface area (Å²) in [5, 5.41) is 20.8. The Labute approximate surface area is 95.2 Å². The summed E-state index contributed by atoms with van der Waals surface area (Å²) in [7, 11) is 0. The van der Waals surface area contributed by atoms with E-state index in [0.717, 1.165) is 19.3 Å². The van der Waals surface area contributed by atoms with Crippen LogP contribution in [0, 0.1) is 5.92 Å². The van der Waals surface area contributed by atoms with Gasteiger partial charge in [0.05, 0.1) is 6.61 Å². The number of rotatable bonds is 3. The minimum absolute atomic E-state index is 0.0938. The smallest absolute Gasteiger partial charge is 0.313 e. The zero-order valence-corrected chi connectivity index (χ0v) is 9.49. The van der Waals surface area contributed by atoms with Crippen LogP contribution in [0.15, 0.2) is 5.70 Å². The predicted octanol–water partition coefficient (Wildman–Crippen LogP) is 1.00. The van der Waals surface area contributed by atoms with Gasteiger partial charge in [0, 0.05) is 6.54 Å². The lowest BCUT2D eigenvalue weighted by Gasteiger charge is -2.20. The molecule has 0 spiro atoms. The van der Waals surface area contributed by atoms with Crippen molar-refractivity contribution in [3.05, 3.63) is 5.70 Å². The summed E-state index contributed by atoms with van der Waals surface area (Å²) in [4.78, 5) is 20.7. The maximum absolute atomic E-state index is 10.5. The van der Waals surface area contributed by atoms with Gasteiger partial charge in [-0.25, -0.2) is 9.90 Å². The van der Waals surface area contributed by atoms with Gasteiger partial charge in [0.25, 0.3) is 0 Å². The Morgan fingerprint density at radius 3 is 2.62 bits per heavy atom. The Morgan fingerprint density at radius 2 is 2.31 bits per heavy atom. The molecule has 2 N–H and O–H groups in total. The number of carboxylic acid groups (broad SMARTS) is 1. The van der Waals surface area contributed by atoms with E-state index >= 15 is 0 Å². The third-order valence-corrected chi connectivity index (χ3v) is 2.24. The third-order valence-electron chi connectivity index (χ3n) is 2.24. The summed E-state index contributed by atoms with van der Waals surface area (Å²) in [5.41, 5.74) is 0.184. The molecule has 1 saturated heterocycles. The van der Waals surface area contributed by atoms with Crippen LogP contribution in [-0.2, 0) is 14.7 Å². The summed E-state index contributed by atoms with van der Waals surface area (Å²) < 4.78 is 0. The fourth-order valence-corrected chi connectivity index (χ4v) is 1.30. The molecule has 16 heavy (non-hydrogen) atoms. The largest absolute Gasteiger partial charge is 0.481 e. The molecule has 0 aromatic rings. The van der Waals surface area contributed by atoms with Crippen LogP contribution in [0.1, 0.15) is 32.6 Å². The summed E-state index contributed by atoms with van der Waals surface area (Å²) in [6, 6.07) is 0. The average molecular weight is 228 g/mol. The number of carbonyl (C=O) groups is 1. The molecule has 1 aliphatic rings. The SMILES string of the molecule is CCCC[O].O=C=C1NCCCC1C(=O)O. The highest BCUT2D eigenvalue weighted by Crippen LogP contribution is 2.17. The van der Waals surface area contributed by atoms with Crippen LogP contribution in [0.3, 0.4) is 0 Å². The molecule has 5 heteroatoms. The Morgan fingerprint density at radius 1 is 1.62 bits per heavy atom. The maximum Gasteiger partial charge on any atom is 0.313 e. The van der Waals surface area contributed by atoms with Gasteiger partial charge in [0.15, 0.2) is 0 Å². The lowest BCUT2D eigenvalue weighted by atomic mass is 9.97. The molecule has 1 atom stereocenters. The van der Waals surface area contributed by atoms with Crippen molar-refractivity contribution in [2.24, 2.45) is 5.92 Å². The number of aliphatic carboxylic acids is 1. The molecule has 1 unspecified atom stereocenters. The second kappa shape index (κ2) is 8.95. The van der Waals surface area contributed by atoms with Crippen molar-refractivity contribution in [3.8, 4) is 0 Å². The van der Waals surface area contributed by atoms with E-state index in [1.54, 1.807) is 5.94 Å². The summed E-state index contributed by atoms with van der Waals surface area (Å²) in [5.74, 6) is -0.00403. The van der Waals surface area contributed by atoms with Crippen molar-refractivity contribution in [3.63, 3.8) is 0 Å². The van der Waals surface area contributed by atoms with E-state index in [2.05, 4.69) is 5.32 Å². The number of piperidine rings is 1. The van der Waals surface area contributed by atoms with E-state index in [9.17, 15) is 14.7 Å². The van der Waals surface area contributed by atoms with Crippen molar-refractivity contribution in [1.82, 2.24) is 5.32 Å². The molecule has 91 valence electrons. The zero-order chi connectivity index (χ0) is 12.4. The Balaban J connectivity index is 0.000000385. The van der Waals surface area contributed by atoms with E-state index in [-0.39, 0.29) is 12.3 Å². The van der Waals surface area contributed by atoms with Gasteiger partial charge < -0.3 is 10.4 Å². The normalized spacial score (nSPS) is 18.9. The topological polar surface area (TPSA) is 86.3 Å². The van der Waals surface area contributed by atoms with Crippen molar-refractivity contribution in [2.75, 3.05) is 13.2 Å². The van der Waals surface area contributed by atoms with Gasteiger partial charge in [0.1, 0.15) is 17.6 Å². The minimum atomic E-state index is -0.949. The van der Waals surface area contributed by atoms with Crippen molar-refractivity contribution >= 4 is 11.9 Å². The molecule has 0 aromatic heterocycles. The molecule has 1 aliphatic heterocycles. The van der Waals surface area contributed by atoms with Gasteiger partial charge in [-0.2, -0.15) is 0 Å². The highest BCUT2D eigenvalue weighted by molar-refractivity contribution is 5.77. The first-order chi connectivity index (χ1) is 7.67. The first-order valence-corrected chi connectivity index (χ1v) is 5.47. The molecule has 1 fully saturated rings. The predicted molar refractivity (Wildman–Crippen MR) is 58.0 cm³/mol. The van der Waals surface area contributed by atoms with Gasteiger partial charge in [-0.15, -0.1) is 0 Å². The monoisotopic (exact) mass is 228 g/mol. The van der Waals surface area contributed by atoms with Crippen LogP contribution in [0.5, 0.6) is 0 Å². The number of nitrogens with one attached hydrogen (secondary N) is 1. The average Bonchev–Trinajstić information content (AvgIpc) is 2.31. The molecule has 1 rings (SSSR count). The summed E-state index contributed by atoms with van der Waals surface area (Å²) >= 11 is 0. The van der Waals surface area contributed by atoms with E-state index in [1.807, 2.05) is 6.92 Å². The van der Waals surface area contributed by atoms with Crippen molar-refractivity contribution < 1.29 is 19.8 Å². The Bertz CT molecular complexity index is 257. The molecule has 0 saturated carbocycles. The molecule has 1 heterocycles. The molecular formula is C11H18NO4. The molecule has 0 amide bonds. The van der Waals surface area contributed by atoms with Gasteiger partial charge in [-0.05, 0) is 19.3 Å². The number of carboxylic acids is 1. The van der Waals surface area contributed by atoms with E-state index in [1.165, 1.54) is 0 Å². The van der Waals surface area contributed by atoms with Crippen LogP contribution in [0.2, 0.25) is 0 Å². The van der Waals surface area contributed by atoms with E-state index in [4.69, 9.17) is 5.11 Å². The molecule has 0 aromatic carbocycles. The van der Waals surface area contributed by atoms with Crippen LogP contribution >= 0.6 is 0 Å². The fourth-order valence-electron chi connectivity index (χ4n) is 1.30. The first kappa shape index (κ1) is 14.7. The first-order valence-electron chi connectivity index (χ1n) is 5.47. The second-order valence-corrected chi connectivity index (χ2v) is 3.53. The van der Waals surface area contributed by atoms with E-state index < -0.39 is 11.9 Å². The van der Waals surface area contributed by atoms with Gasteiger partial charge in [-0.1, -0.05) is 13.3 Å². The third kappa shape index (κ3) is 5.53. The maximum atomic E-state index is 10.5. The molecule has 0 aliphatic carbocycles. The Kier molecular flexibility index (Phi) is 8.21. The van der Waals surface area contributed by atoms with Crippen LogP contribution in [0.4, 0.5) is 0 Å². The van der Waals surface area contributed by atoms with Crippen molar-refractivity contribution in [2.45, 2.75) is 32.6 Å². The van der Waals surface area contributed by atoms with Gasteiger partial charge in [-0.3, -0.25) is 4.79 Å². The number of carbonyl (C=O) groups excluding carboxylic acids is 1. The van der Waals surface area contributed by atoms with Crippen LogP contribution < -0.4 is 5.32 Å². The highest BCUT2D eigenvalue weighted by Gasteiger charge is 2.25. The van der Waals surface area contributed by atoms with E-state index in [0.29, 0.717) is 13.0 Å². The number of unbranched alkanes of at least 4 members (excludes halogenated alkanes) is 1. The highest BCUT2D eigenvalue weighted by atomic mass is 16.4. The number of hydrogen-bond donors (Lipinski definition) is 2. The second-order valence-electron chi connectivity index (χ2n) is 3.53. The van der Waals surface area contributed by atoms with Gasteiger partial charge in [0.2, 0.25) is 0 Å². The summed E-state index contributed by atoms with van der Waals surface area (Å²) in [6.45, 7) is 2.78. The minimum Gasteiger partial charge on any atom is -0.481 e. The van der Waals surface area contributed by atoms with Crippen LogP contribution in [0.25, 0.3) is 0 Å². The molecule has 0 bridgehead atoms. The standard InChI is InChI=1S/C7H9NO3.C4H9O/c9-4-6-5(7(10)11)2-1-3-8-6;1-2-3-4-5/h5,8H,1-3H2,(H,10,11);2-4H2,1H3. The van der Waals surface area contributed by atoms with Gasteiger partial charge >= 0.3 is 5.97 Å². The lowest BCUT2D eigenvalue weighted by molar-refractivity contribution is -0.141.